The molecule has 0 aromatic heterocycles. The van der Waals surface area contributed by atoms with Crippen LogP contribution in [-0.4, -0.2) is 32.5 Å². The van der Waals surface area contributed by atoms with Crippen molar-refractivity contribution in [2.75, 3.05) is 6.61 Å². The average molecular weight is 294 g/mol. The predicted molar refractivity (Wildman–Crippen MR) is 88.4 cm³/mol. The van der Waals surface area contributed by atoms with Gasteiger partial charge in [0.05, 0.1) is 7.44 Å². The Kier molecular flexibility index (Phi) is 4.02. The van der Waals surface area contributed by atoms with Crippen LogP contribution in [0.25, 0.3) is 0 Å². The highest BCUT2D eigenvalue weighted by atomic mass is 28.3. The van der Waals surface area contributed by atoms with E-state index in [1.54, 1.807) is 0 Å². The highest BCUT2D eigenvalue weighted by molar-refractivity contribution is 7.32. The lowest BCUT2D eigenvalue weighted by Crippen LogP contribution is -2.76. The van der Waals surface area contributed by atoms with Gasteiger partial charge in [0, 0.05) is 6.61 Å². The quantitative estimate of drug-likeness (QED) is 0.866. The van der Waals surface area contributed by atoms with Crippen molar-refractivity contribution in [1.29, 1.82) is 0 Å². The van der Waals surface area contributed by atoms with Gasteiger partial charge in [0.2, 0.25) is 0 Å². The first-order chi connectivity index (χ1) is 10.2. The third-order valence-corrected chi connectivity index (χ3v) is 8.44. The minimum atomic E-state index is -2.89. The van der Waals surface area contributed by atoms with Gasteiger partial charge in [-0.25, -0.2) is 0 Å². The first-order valence-corrected chi connectivity index (χ1v) is 9.51. The Balaban J connectivity index is 2.15. The Morgan fingerprint density at radius 1 is 0.905 bits per heavy atom. The highest BCUT2D eigenvalue weighted by Gasteiger charge is 2.52. The number of hydrogen-bond donors (Lipinski definition) is 1. The summed E-state index contributed by atoms with van der Waals surface area (Å²) in [5.74, 6) is 0. The summed E-state index contributed by atoms with van der Waals surface area (Å²) >= 11 is 0. The third-order valence-electron chi connectivity index (χ3n) is 4.33. The lowest BCUT2D eigenvalue weighted by atomic mass is 10.2. The van der Waals surface area contributed by atoms with Gasteiger partial charge in [-0.3, -0.25) is 0 Å². The maximum atomic E-state index is 11.2. The van der Waals surface area contributed by atoms with Gasteiger partial charge < -0.3 is 9.84 Å². The summed E-state index contributed by atoms with van der Waals surface area (Å²) in [4.78, 5) is 0. The SMILES string of the molecule is [B][Si](c1ccccc1)(c1ccccc1)C1(O)CCCCO1. The van der Waals surface area contributed by atoms with Crippen LogP contribution in [0.5, 0.6) is 0 Å². The van der Waals surface area contributed by atoms with E-state index in [2.05, 4.69) is 0 Å². The largest absolute Gasteiger partial charge is 0.369 e. The topological polar surface area (TPSA) is 29.5 Å². The zero-order valence-electron chi connectivity index (χ0n) is 12.0. The molecule has 0 amide bonds. The summed E-state index contributed by atoms with van der Waals surface area (Å²) in [6, 6.07) is 19.9. The lowest BCUT2D eigenvalue weighted by molar-refractivity contribution is -0.166. The van der Waals surface area contributed by atoms with Gasteiger partial charge in [0.15, 0.2) is 0 Å². The van der Waals surface area contributed by atoms with Crippen LogP contribution in [0.15, 0.2) is 60.7 Å². The predicted octanol–water partition coefficient (Wildman–Crippen LogP) is 1.34. The van der Waals surface area contributed by atoms with Crippen molar-refractivity contribution in [3.63, 3.8) is 0 Å². The number of hydrogen-bond acceptors (Lipinski definition) is 2. The van der Waals surface area contributed by atoms with Crippen molar-refractivity contribution in [3.8, 4) is 0 Å². The Morgan fingerprint density at radius 2 is 1.43 bits per heavy atom. The molecule has 4 heteroatoms. The average Bonchev–Trinajstić information content (AvgIpc) is 2.56. The van der Waals surface area contributed by atoms with Crippen molar-refractivity contribution in [2.45, 2.75) is 24.7 Å². The van der Waals surface area contributed by atoms with E-state index in [0.717, 1.165) is 23.2 Å². The molecule has 0 saturated carbocycles. The van der Waals surface area contributed by atoms with Gasteiger partial charge in [-0.1, -0.05) is 71.0 Å². The summed E-state index contributed by atoms with van der Waals surface area (Å²) in [6.07, 6.45) is 2.53. The molecule has 21 heavy (non-hydrogen) atoms. The molecule has 1 aliphatic rings. The molecule has 1 saturated heterocycles. The smallest absolute Gasteiger partial charge is 0.150 e. The van der Waals surface area contributed by atoms with Crippen LogP contribution in [0.3, 0.4) is 0 Å². The summed E-state index contributed by atoms with van der Waals surface area (Å²) in [5.41, 5.74) is -1.24. The van der Waals surface area contributed by atoms with Gasteiger partial charge in [-0.2, -0.15) is 0 Å². The Hall–Kier alpha value is -1.36. The van der Waals surface area contributed by atoms with Crippen LogP contribution in [-0.2, 0) is 4.74 Å². The second-order valence-corrected chi connectivity index (χ2v) is 9.18. The van der Waals surface area contributed by atoms with E-state index in [4.69, 9.17) is 12.2 Å². The third kappa shape index (κ3) is 2.48. The molecule has 2 aromatic carbocycles. The van der Waals surface area contributed by atoms with Crippen LogP contribution in [0.4, 0.5) is 0 Å². The molecule has 1 N–H and O–H groups in total. The van der Waals surface area contributed by atoms with Crippen molar-refractivity contribution in [2.24, 2.45) is 0 Å². The minimum absolute atomic E-state index is 0.572. The summed E-state index contributed by atoms with van der Waals surface area (Å²) < 4.78 is 5.83. The molecule has 1 atom stereocenters. The lowest BCUT2D eigenvalue weighted by Gasteiger charge is -2.46. The van der Waals surface area contributed by atoms with Gasteiger partial charge in [-0.05, 0) is 19.3 Å². The molecule has 0 spiro atoms. The fraction of sp³-hybridized carbons (Fsp3) is 0.294. The Bertz CT molecular complexity index is 543. The van der Waals surface area contributed by atoms with E-state index in [0.29, 0.717) is 13.0 Å². The molecule has 1 heterocycles. The highest BCUT2D eigenvalue weighted by Crippen LogP contribution is 2.29. The molecule has 0 bridgehead atoms. The zero-order chi connectivity index (χ0) is 14.8. The van der Waals surface area contributed by atoms with Crippen LogP contribution >= 0.6 is 0 Å². The van der Waals surface area contributed by atoms with Crippen LogP contribution < -0.4 is 10.4 Å². The summed E-state index contributed by atoms with van der Waals surface area (Å²) in [7, 11) is 4.02. The summed E-state index contributed by atoms with van der Waals surface area (Å²) in [6.45, 7) is 0.572. The van der Waals surface area contributed by atoms with Crippen molar-refractivity contribution in [3.05, 3.63) is 60.7 Å². The van der Waals surface area contributed by atoms with Crippen molar-refractivity contribution >= 4 is 25.8 Å². The molecule has 106 valence electrons. The van der Waals surface area contributed by atoms with Crippen molar-refractivity contribution < 1.29 is 9.84 Å². The van der Waals surface area contributed by atoms with Crippen molar-refractivity contribution in [1.82, 2.24) is 0 Å². The van der Waals surface area contributed by atoms with Gasteiger partial charge in [0.1, 0.15) is 13.4 Å². The first-order valence-electron chi connectivity index (χ1n) is 7.43. The maximum Gasteiger partial charge on any atom is 0.150 e. The number of ether oxygens (including phenoxy) is 1. The zero-order valence-corrected chi connectivity index (χ0v) is 13.0. The monoisotopic (exact) mass is 294 g/mol. The first kappa shape index (κ1) is 14.6. The Morgan fingerprint density at radius 3 is 1.86 bits per heavy atom. The number of benzene rings is 2. The fourth-order valence-corrected chi connectivity index (χ4v) is 6.68. The molecule has 1 unspecified atom stereocenters. The molecule has 1 aliphatic heterocycles. The molecular weight excluding hydrogens is 275 g/mol. The standard InChI is InChI=1S/C17H19BO2Si/c18-21(15-9-3-1-4-10-15,16-11-5-2-6-12-16)17(19)13-7-8-14-20-17/h1-6,9-12,19H,7-8,13-14H2. The molecular formula is C17H19BO2Si. The van der Waals surface area contributed by atoms with Gasteiger partial charge in [-0.15, -0.1) is 0 Å². The fourth-order valence-electron chi connectivity index (χ4n) is 3.11. The Labute approximate surface area is 128 Å². The van der Waals surface area contributed by atoms with E-state index in [9.17, 15) is 5.11 Å². The second kappa shape index (κ2) is 5.79. The van der Waals surface area contributed by atoms with Gasteiger partial charge in [0.25, 0.3) is 0 Å². The van der Waals surface area contributed by atoms with E-state index in [1.807, 2.05) is 60.7 Å². The summed E-state index contributed by atoms with van der Waals surface area (Å²) in [5, 5.41) is 13.2. The van der Waals surface area contributed by atoms with E-state index >= 15 is 0 Å². The molecule has 1 fully saturated rings. The van der Waals surface area contributed by atoms with Crippen LogP contribution in [0, 0.1) is 0 Å². The number of aliphatic hydroxyl groups is 1. The van der Waals surface area contributed by atoms with E-state index < -0.39 is 13.4 Å². The van der Waals surface area contributed by atoms with Crippen LogP contribution in [0.1, 0.15) is 19.3 Å². The molecule has 0 aliphatic carbocycles. The van der Waals surface area contributed by atoms with Crippen LogP contribution in [0.2, 0.25) is 0 Å². The van der Waals surface area contributed by atoms with E-state index in [1.165, 1.54) is 0 Å². The molecule has 2 aromatic rings. The maximum absolute atomic E-state index is 11.2. The molecule has 2 radical (unpaired) electrons. The van der Waals surface area contributed by atoms with Gasteiger partial charge >= 0.3 is 0 Å². The molecule has 3 rings (SSSR count). The normalized spacial score (nSPS) is 22.9. The minimum Gasteiger partial charge on any atom is -0.369 e. The second-order valence-electron chi connectivity index (χ2n) is 5.63. The molecule has 2 nitrogen and oxygen atoms in total. The number of rotatable bonds is 3. The van der Waals surface area contributed by atoms with E-state index in [-0.39, 0.29) is 0 Å².